The first-order valence-corrected chi connectivity index (χ1v) is 7.92. The van der Waals surface area contributed by atoms with E-state index in [0.29, 0.717) is 29.0 Å². The lowest BCUT2D eigenvalue weighted by Gasteiger charge is -2.11. The molecule has 2 aliphatic carbocycles. The van der Waals surface area contributed by atoms with Crippen molar-refractivity contribution in [3.8, 4) is 11.5 Å². The third-order valence-electron chi connectivity index (χ3n) is 4.80. The summed E-state index contributed by atoms with van der Waals surface area (Å²) in [5, 5.41) is 3.03. The lowest BCUT2D eigenvalue weighted by atomic mass is 10.1. The summed E-state index contributed by atoms with van der Waals surface area (Å²) in [6.45, 7) is 0. The highest BCUT2D eigenvalue weighted by molar-refractivity contribution is 5.96. The maximum Gasteiger partial charge on any atom is 0.228 e. The Morgan fingerprint density at radius 1 is 1.09 bits per heavy atom. The smallest absolute Gasteiger partial charge is 0.228 e. The van der Waals surface area contributed by atoms with Crippen LogP contribution in [0.3, 0.4) is 0 Å². The van der Waals surface area contributed by atoms with E-state index in [9.17, 15) is 4.79 Å². The summed E-state index contributed by atoms with van der Waals surface area (Å²) in [5.74, 6) is 2.73. The lowest BCUT2D eigenvalue weighted by molar-refractivity contribution is -0.117. The quantitative estimate of drug-likeness (QED) is 0.864. The minimum Gasteiger partial charge on any atom is -0.497 e. The van der Waals surface area contributed by atoms with Crippen LogP contribution < -0.4 is 14.8 Å². The molecule has 4 heteroatoms. The Morgan fingerprint density at radius 3 is 2.36 bits per heavy atom. The Kier molecular flexibility index (Phi) is 4.36. The van der Waals surface area contributed by atoms with Gasteiger partial charge in [-0.1, -0.05) is 12.2 Å². The van der Waals surface area contributed by atoms with Gasteiger partial charge < -0.3 is 14.8 Å². The maximum absolute atomic E-state index is 12.6. The largest absolute Gasteiger partial charge is 0.497 e. The average molecular weight is 301 g/mol. The Labute approximate surface area is 131 Å². The van der Waals surface area contributed by atoms with Gasteiger partial charge in [-0.25, -0.2) is 0 Å². The number of hydrogen-bond acceptors (Lipinski definition) is 3. The first-order valence-electron chi connectivity index (χ1n) is 7.92. The molecule has 1 fully saturated rings. The van der Waals surface area contributed by atoms with Crippen molar-refractivity contribution in [2.45, 2.75) is 25.7 Å². The Balaban J connectivity index is 1.67. The normalized spacial score (nSPS) is 26.4. The van der Waals surface area contributed by atoms with Crippen molar-refractivity contribution in [1.29, 1.82) is 0 Å². The number of hydrogen-bond donors (Lipinski definition) is 1. The highest BCUT2D eigenvalue weighted by atomic mass is 16.5. The predicted molar refractivity (Wildman–Crippen MR) is 86.3 cm³/mol. The molecule has 0 radical (unpaired) electrons. The van der Waals surface area contributed by atoms with Gasteiger partial charge in [-0.15, -0.1) is 0 Å². The number of rotatable bonds is 4. The van der Waals surface area contributed by atoms with E-state index in [1.54, 1.807) is 20.3 Å². The van der Waals surface area contributed by atoms with Crippen molar-refractivity contribution in [3.63, 3.8) is 0 Å². The lowest BCUT2D eigenvalue weighted by Crippen LogP contribution is -2.16. The second-order valence-electron chi connectivity index (χ2n) is 6.04. The van der Waals surface area contributed by atoms with Crippen LogP contribution in [0.15, 0.2) is 30.4 Å². The van der Waals surface area contributed by atoms with Gasteiger partial charge >= 0.3 is 0 Å². The van der Waals surface area contributed by atoms with Crippen LogP contribution >= 0.6 is 0 Å². The van der Waals surface area contributed by atoms with E-state index in [-0.39, 0.29) is 11.8 Å². The number of fused-ring (bicyclic) bond motifs is 1. The SMILES string of the molecule is COc1ccc(NC(=O)C2C3CCC=CCCC32)c(OC)c1. The number of anilines is 1. The van der Waals surface area contributed by atoms with Gasteiger partial charge in [-0.2, -0.15) is 0 Å². The summed E-state index contributed by atoms with van der Waals surface area (Å²) in [7, 11) is 3.21. The van der Waals surface area contributed by atoms with Gasteiger partial charge in [0.25, 0.3) is 0 Å². The summed E-state index contributed by atoms with van der Waals surface area (Å²) < 4.78 is 10.5. The van der Waals surface area contributed by atoms with E-state index in [1.807, 2.05) is 12.1 Å². The molecule has 2 aliphatic rings. The third-order valence-corrected chi connectivity index (χ3v) is 4.80. The molecule has 0 aromatic heterocycles. The van der Waals surface area contributed by atoms with Crippen molar-refractivity contribution in [3.05, 3.63) is 30.4 Å². The minimum atomic E-state index is 0.125. The fourth-order valence-electron chi connectivity index (χ4n) is 3.55. The molecule has 1 amide bonds. The molecule has 0 saturated heterocycles. The van der Waals surface area contributed by atoms with E-state index in [2.05, 4.69) is 17.5 Å². The van der Waals surface area contributed by atoms with Crippen molar-refractivity contribution in [2.75, 3.05) is 19.5 Å². The van der Waals surface area contributed by atoms with Crippen LogP contribution in [0.25, 0.3) is 0 Å². The summed E-state index contributed by atoms with van der Waals surface area (Å²) >= 11 is 0. The van der Waals surface area contributed by atoms with E-state index >= 15 is 0 Å². The predicted octanol–water partition coefficient (Wildman–Crippen LogP) is 3.63. The zero-order valence-electron chi connectivity index (χ0n) is 13.2. The number of allylic oxidation sites excluding steroid dienone is 2. The summed E-state index contributed by atoms with van der Waals surface area (Å²) in [6, 6.07) is 5.45. The van der Waals surface area contributed by atoms with E-state index in [1.165, 1.54) is 0 Å². The third kappa shape index (κ3) is 2.96. The van der Waals surface area contributed by atoms with Gasteiger partial charge in [-0.3, -0.25) is 4.79 Å². The van der Waals surface area contributed by atoms with Crippen LogP contribution in [0.5, 0.6) is 11.5 Å². The molecular weight excluding hydrogens is 278 g/mol. The molecule has 0 aliphatic heterocycles. The van der Waals surface area contributed by atoms with Gasteiger partial charge in [0.2, 0.25) is 5.91 Å². The van der Waals surface area contributed by atoms with Crippen molar-refractivity contribution in [1.82, 2.24) is 0 Å². The molecule has 22 heavy (non-hydrogen) atoms. The zero-order chi connectivity index (χ0) is 15.5. The fourth-order valence-corrected chi connectivity index (χ4v) is 3.55. The molecule has 4 nitrogen and oxygen atoms in total. The Bertz CT molecular complexity index is 566. The topological polar surface area (TPSA) is 47.6 Å². The second kappa shape index (κ2) is 6.42. The first kappa shape index (κ1) is 14.9. The van der Waals surface area contributed by atoms with Crippen LogP contribution in [0.4, 0.5) is 5.69 Å². The number of amides is 1. The van der Waals surface area contributed by atoms with Crippen molar-refractivity contribution >= 4 is 11.6 Å². The van der Waals surface area contributed by atoms with Crippen LogP contribution in [0, 0.1) is 17.8 Å². The molecule has 0 bridgehead atoms. The van der Waals surface area contributed by atoms with Crippen molar-refractivity contribution in [2.24, 2.45) is 17.8 Å². The highest BCUT2D eigenvalue weighted by Crippen LogP contribution is 2.53. The number of benzene rings is 1. The zero-order valence-corrected chi connectivity index (χ0v) is 13.2. The van der Waals surface area contributed by atoms with E-state index in [0.717, 1.165) is 25.7 Å². The van der Waals surface area contributed by atoms with Gasteiger partial charge in [-0.05, 0) is 49.7 Å². The van der Waals surface area contributed by atoms with Crippen LogP contribution in [0.1, 0.15) is 25.7 Å². The van der Waals surface area contributed by atoms with Gasteiger partial charge in [0.15, 0.2) is 0 Å². The first-order chi connectivity index (χ1) is 10.7. The van der Waals surface area contributed by atoms with Crippen LogP contribution in [-0.4, -0.2) is 20.1 Å². The standard InChI is InChI=1S/C18H23NO3/c1-21-12-9-10-15(16(11-12)22-2)19-18(20)17-13-7-5-3-4-6-8-14(13)17/h3-4,9-11,13-14,17H,5-8H2,1-2H3,(H,19,20). The molecule has 1 N–H and O–H groups in total. The number of nitrogens with one attached hydrogen (secondary N) is 1. The minimum absolute atomic E-state index is 0.125. The summed E-state index contributed by atoms with van der Waals surface area (Å²) in [4.78, 5) is 12.6. The van der Waals surface area contributed by atoms with Crippen molar-refractivity contribution < 1.29 is 14.3 Å². The molecule has 118 valence electrons. The second-order valence-corrected chi connectivity index (χ2v) is 6.04. The number of methoxy groups -OCH3 is 2. The van der Waals surface area contributed by atoms with E-state index < -0.39 is 0 Å². The van der Waals surface area contributed by atoms with E-state index in [4.69, 9.17) is 9.47 Å². The molecular formula is C18H23NO3. The molecule has 1 aromatic carbocycles. The maximum atomic E-state index is 12.6. The van der Waals surface area contributed by atoms with Crippen LogP contribution in [0.2, 0.25) is 0 Å². The molecule has 1 aromatic rings. The Hall–Kier alpha value is -1.97. The van der Waals surface area contributed by atoms with Gasteiger partial charge in [0, 0.05) is 12.0 Å². The molecule has 2 atom stereocenters. The molecule has 2 unspecified atom stereocenters. The van der Waals surface area contributed by atoms with Gasteiger partial charge in [0.1, 0.15) is 11.5 Å². The molecule has 0 heterocycles. The number of ether oxygens (including phenoxy) is 2. The monoisotopic (exact) mass is 301 g/mol. The Morgan fingerprint density at radius 2 is 1.77 bits per heavy atom. The van der Waals surface area contributed by atoms with Gasteiger partial charge in [0.05, 0.1) is 19.9 Å². The van der Waals surface area contributed by atoms with Crippen LogP contribution in [-0.2, 0) is 4.79 Å². The average Bonchev–Trinajstić information content (AvgIpc) is 3.18. The number of carbonyl (C=O) groups excluding carboxylic acids is 1. The summed E-state index contributed by atoms with van der Waals surface area (Å²) in [5.41, 5.74) is 0.714. The molecule has 1 saturated carbocycles. The molecule has 0 spiro atoms. The molecule has 3 rings (SSSR count). The summed E-state index contributed by atoms with van der Waals surface area (Å²) in [6.07, 6.45) is 8.93. The fraction of sp³-hybridized carbons (Fsp3) is 0.500. The number of carbonyl (C=O) groups is 1. The highest BCUT2D eigenvalue weighted by Gasteiger charge is 2.53.